The second-order valence-electron chi connectivity index (χ2n) is 4.97. The third-order valence-electron chi connectivity index (χ3n) is 3.37. The fourth-order valence-electron chi connectivity index (χ4n) is 2.35. The van der Waals surface area contributed by atoms with E-state index in [1.807, 2.05) is 55.5 Å². The Bertz CT molecular complexity index is 772. The summed E-state index contributed by atoms with van der Waals surface area (Å²) in [4.78, 5) is 12.3. The number of hydrogen-bond acceptors (Lipinski definition) is 3. The number of carbonyl (C=O) groups is 1. The minimum absolute atomic E-state index is 0.0666. The first-order chi connectivity index (χ1) is 10.2. The minimum Gasteiger partial charge on any atom is -0.361 e. The zero-order chi connectivity index (χ0) is 14.7. The van der Waals surface area contributed by atoms with Gasteiger partial charge in [-0.15, -0.1) is 0 Å². The van der Waals surface area contributed by atoms with Crippen molar-refractivity contribution in [3.63, 3.8) is 0 Å². The van der Waals surface area contributed by atoms with Crippen molar-refractivity contribution in [3.05, 3.63) is 65.5 Å². The van der Waals surface area contributed by atoms with Gasteiger partial charge in [0.15, 0.2) is 0 Å². The van der Waals surface area contributed by atoms with E-state index in [0.29, 0.717) is 18.5 Å². The van der Waals surface area contributed by atoms with Crippen molar-refractivity contribution < 1.29 is 9.32 Å². The van der Waals surface area contributed by atoms with E-state index in [2.05, 4.69) is 10.5 Å². The predicted molar refractivity (Wildman–Crippen MR) is 81.2 cm³/mol. The molecule has 0 bridgehead atoms. The molecule has 0 aliphatic carbocycles. The number of nitrogens with one attached hydrogen (secondary N) is 1. The molecule has 1 aromatic heterocycles. The minimum atomic E-state index is -0.0666. The van der Waals surface area contributed by atoms with Crippen molar-refractivity contribution in [1.82, 2.24) is 10.5 Å². The molecule has 0 aliphatic rings. The van der Waals surface area contributed by atoms with Crippen molar-refractivity contribution in [1.29, 1.82) is 0 Å². The molecular weight excluding hydrogens is 264 g/mol. The van der Waals surface area contributed by atoms with Crippen LogP contribution in [0.25, 0.3) is 10.8 Å². The van der Waals surface area contributed by atoms with Gasteiger partial charge in [0, 0.05) is 24.6 Å². The van der Waals surface area contributed by atoms with Crippen LogP contribution in [0.3, 0.4) is 0 Å². The third-order valence-corrected chi connectivity index (χ3v) is 3.37. The number of benzene rings is 2. The number of hydrogen-bond donors (Lipinski definition) is 1. The Labute approximate surface area is 122 Å². The van der Waals surface area contributed by atoms with E-state index >= 15 is 0 Å². The van der Waals surface area contributed by atoms with Crippen LogP contribution in [0.1, 0.15) is 21.8 Å². The topological polar surface area (TPSA) is 55.1 Å². The summed E-state index contributed by atoms with van der Waals surface area (Å²) in [7, 11) is 0. The largest absolute Gasteiger partial charge is 0.361 e. The highest BCUT2D eigenvalue weighted by molar-refractivity contribution is 6.06. The highest BCUT2D eigenvalue weighted by Crippen LogP contribution is 2.18. The summed E-state index contributed by atoms with van der Waals surface area (Å²) in [5, 5.41) is 8.78. The first kappa shape index (κ1) is 13.4. The van der Waals surface area contributed by atoms with Gasteiger partial charge in [0.1, 0.15) is 5.76 Å². The number of nitrogens with zero attached hydrogens (tertiary/aromatic N) is 1. The lowest BCUT2D eigenvalue weighted by molar-refractivity contribution is 0.0955. The fourth-order valence-corrected chi connectivity index (χ4v) is 2.35. The average Bonchev–Trinajstić information content (AvgIpc) is 2.92. The molecule has 0 aliphatic heterocycles. The molecule has 0 radical (unpaired) electrons. The summed E-state index contributed by atoms with van der Waals surface area (Å²) in [6.07, 6.45) is 0.636. The zero-order valence-corrected chi connectivity index (χ0v) is 11.8. The fraction of sp³-hybridized carbons (Fsp3) is 0.176. The standard InChI is InChI=1S/C17H16N2O2/c1-12-11-14(21-19-12)9-10-18-17(20)16-8-4-6-13-5-2-3-7-15(13)16/h2-8,11H,9-10H2,1H3,(H,18,20). The Morgan fingerprint density at radius 1 is 1.19 bits per heavy atom. The van der Waals surface area contributed by atoms with Gasteiger partial charge in [-0.2, -0.15) is 0 Å². The van der Waals surface area contributed by atoms with Crippen LogP contribution in [0.5, 0.6) is 0 Å². The number of aryl methyl sites for hydroxylation is 1. The maximum absolute atomic E-state index is 12.3. The quantitative estimate of drug-likeness (QED) is 0.799. The van der Waals surface area contributed by atoms with E-state index in [0.717, 1.165) is 22.2 Å². The number of carbonyl (C=O) groups excluding carboxylic acids is 1. The van der Waals surface area contributed by atoms with Gasteiger partial charge in [-0.25, -0.2) is 0 Å². The highest BCUT2D eigenvalue weighted by Gasteiger charge is 2.09. The molecule has 3 rings (SSSR count). The van der Waals surface area contributed by atoms with E-state index in [9.17, 15) is 4.79 Å². The van der Waals surface area contributed by atoms with Gasteiger partial charge < -0.3 is 9.84 Å². The Morgan fingerprint density at radius 3 is 2.81 bits per heavy atom. The number of aromatic nitrogens is 1. The van der Waals surface area contributed by atoms with Crippen molar-refractivity contribution in [2.75, 3.05) is 6.54 Å². The van der Waals surface area contributed by atoms with Gasteiger partial charge in [0.25, 0.3) is 5.91 Å². The average molecular weight is 280 g/mol. The molecule has 1 N–H and O–H groups in total. The molecule has 4 nitrogen and oxygen atoms in total. The summed E-state index contributed by atoms with van der Waals surface area (Å²) >= 11 is 0. The molecule has 1 heterocycles. The molecule has 0 saturated heterocycles. The Morgan fingerprint density at radius 2 is 2.00 bits per heavy atom. The van der Waals surface area contributed by atoms with E-state index in [-0.39, 0.29) is 5.91 Å². The van der Waals surface area contributed by atoms with Gasteiger partial charge >= 0.3 is 0 Å². The second-order valence-corrected chi connectivity index (χ2v) is 4.97. The number of fused-ring (bicyclic) bond motifs is 1. The van der Waals surface area contributed by atoms with Gasteiger partial charge in [-0.05, 0) is 23.8 Å². The molecule has 4 heteroatoms. The van der Waals surface area contributed by atoms with Crippen molar-refractivity contribution in [2.45, 2.75) is 13.3 Å². The maximum Gasteiger partial charge on any atom is 0.251 e. The lowest BCUT2D eigenvalue weighted by Gasteiger charge is -2.07. The summed E-state index contributed by atoms with van der Waals surface area (Å²) in [5.74, 6) is 0.716. The summed E-state index contributed by atoms with van der Waals surface area (Å²) < 4.78 is 5.12. The van der Waals surface area contributed by atoms with E-state index in [1.165, 1.54) is 0 Å². The van der Waals surface area contributed by atoms with Crippen molar-refractivity contribution in [3.8, 4) is 0 Å². The van der Waals surface area contributed by atoms with Gasteiger partial charge in [0.2, 0.25) is 0 Å². The molecule has 0 fully saturated rings. The third kappa shape index (κ3) is 2.94. The van der Waals surface area contributed by atoms with Gasteiger partial charge in [0.05, 0.1) is 5.69 Å². The molecule has 2 aromatic carbocycles. The monoisotopic (exact) mass is 280 g/mol. The van der Waals surface area contributed by atoms with E-state index in [1.54, 1.807) is 0 Å². The summed E-state index contributed by atoms with van der Waals surface area (Å²) in [6, 6.07) is 15.5. The smallest absolute Gasteiger partial charge is 0.251 e. The molecule has 0 unspecified atom stereocenters. The molecule has 21 heavy (non-hydrogen) atoms. The van der Waals surface area contributed by atoms with Crippen molar-refractivity contribution >= 4 is 16.7 Å². The molecular formula is C17H16N2O2. The summed E-state index contributed by atoms with van der Waals surface area (Å²) in [5.41, 5.74) is 1.55. The molecule has 3 aromatic rings. The number of amides is 1. The van der Waals surface area contributed by atoms with Crippen LogP contribution in [0.4, 0.5) is 0 Å². The van der Waals surface area contributed by atoms with Crippen LogP contribution in [-0.2, 0) is 6.42 Å². The highest BCUT2D eigenvalue weighted by atomic mass is 16.5. The van der Waals surface area contributed by atoms with Gasteiger partial charge in [-0.1, -0.05) is 41.6 Å². The Hall–Kier alpha value is -2.62. The first-order valence-electron chi connectivity index (χ1n) is 6.92. The van der Waals surface area contributed by atoms with Crippen LogP contribution in [-0.4, -0.2) is 17.6 Å². The summed E-state index contributed by atoms with van der Waals surface area (Å²) in [6.45, 7) is 2.40. The second kappa shape index (κ2) is 5.79. The van der Waals surface area contributed by atoms with E-state index in [4.69, 9.17) is 4.52 Å². The zero-order valence-electron chi connectivity index (χ0n) is 11.8. The number of rotatable bonds is 4. The lowest BCUT2D eigenvalue weighted by atomic mass is 10.0. The predicted octanol–water partition coefficient (Wildman–Crippen LogP) is 3.11. The van der Waals surface area contributed by atoms with Crippen LogP contribution in [0.15, 0.2) is 53.1 Å². The molecule has 0 spiro atoms. The van der Waals surface area contributed by atoms with Crippen LogP contribution >= 0.6 is 0 Å². The van der Waals surface area contributed by atoms with Crippen molar-refractivity contribution in [2.24, 2.45) is 0 Å². The molecule has 0 saturated carbocycles. The molecule has 1 amide bonds. The maximum atomic E-state index is 12.3. The van der Waals surface area contributed by atoms with Crippen LogP contribution in [0.2, 0.25) is 0 Å². The molecule has 106 valence electrons. The van der Waals surface area contributed by atoms with Crippen LogP contribution in [0, 0.1) is 6.92 Å². The Balaban J connectivity index is 1.69. The normalized spacial score (nSPS) is 10.7. The van der Waals surface area contributed by atoms with E-state index < -0.39 is 0 Å². The SMILES string of the molecule is Cc1cc(CCNC(=O)c2cccc3ccccc23)on1. The van der Waals surface area contributed by atoms with Gasteiger partial charge in [-0.3, -0.25) is 4.79 Å². The Kier molecular flexibility index (Phi) is 3.69. The molecule has 0 atom stereocenters. The lowest BCUT2D eigenvalue weighted by Crippen LogP contribution is -2.25. The first-order valence-corrected chi connectivity index (χ1v) is 6.92. The van der Waals surface area contributed by atoms with Crippen LogP contribution < -0.4 is 5.32 Å².